The lowest BCUT2D eigenvalue weighted by Crippen LogP contribution is -3.12. The number of likely N-dealkylation sites (tertiary alicyclic amines) is 1. The number of piperidine rings is 1. The van der Waals surface area contributed by atoms with Crippen molar-refractivity contribution in [3.8, 4) is 0 Å². The van der Waals surface area contributed by atoms with E-state index in [2.05, 4.69) is 29.0 Å². The summed E-state index contributed by atoms with van der Waals surface area (Å²) in [6.45, 7) is 8.72. The Labute approximate surface area is 165 Å². The molecule has 3 rings (SSSR count). The highest BCUT2D eigenvalue weighted by atomic mass is 35.5. The van der Waals surface area contributed by atoms with Gasteiger partial charge in [0.15, 0.2) is 5.97 Å². The molecular weight excluding hydrogens is 370 g/mol. The second-order valence-electron chi connectivity index (χ2n) is 7.22. The lowest BCUT2D eigenvalue weighted by Gasteiger charge is -2.40. The van der Waals surface area contributed by atoms with Crippen molar-refractivity contribution in [1.29, 1.82) is 0 Å². The molecular formula is C19H28ClN3O4. The van der Waals surface area contributed by atoms with Crippen LogP contribution in [0.2, 0.25) is 5.02 Å². The van der Waals surface area contributed by atoms with Crippen molar-refractivity contribution in [2.24, 2.45) is 0 Å². The van der Waals surface area contributed by atoms with E-state index in [-0.39, 0.29) is 0 Å². The summed E-state index contributed by atoms with van der Waals surface area (Å²) in [4.78, 5) is 25.0. The van der Waals surface area contributed by atoms with E-state index in [1.165, 1.54) is 57.7 Å². The molecule has 0 bridgehead atoms. The third-order valence-corrected chi connectivity index (χ3v) is 5.47. The van der Waals surface area contributed by atoms with Gasteiger partial charge in [0.2, 0.25) is 0 Å². The van der Waals surface area contributed by atoms with Crippen LogP contribution in [0.15, 0.2) is 24.3 Å². The third kappa shape index (κ3) is 7.46. The minimum atomic E-state index is -2.07. The summed E-state index contributed by atoms with van der Waals surface area (Å²) in [6.07, 6.45) is 2.65. The zero-order valence-corrected chi connectivity index (χ0v) is 16.5. The van der Waals surface area contributed by atoms with Crippen molar-refractivity contribution in [1.82, 2.24) is 9.80 Å². The van der Waals surface area contributed by atoms with Crippen LogP contribution >= 0.6 is 11.6 Å². The number of nitrogens with one attached hydrogen (secondary N) is 1. The molecule has 0 radical (unpaired) electrons. The van der Waals surface area contributed by atoms with Crippen molar-refractivity contribution in [2.45, 2.75) is 25.4 Å². The zero-order chi connectivity index (χ0) is 19.8. The van der Waals surface area contributed by atoms with Gasteiger partial charge in [0.1, 0.15) is 0 Å². The molecule has 8 heteroatoms. The van der Waals surface area contributed by atoms with Crippen LogP contribution in [0.5, 0.6) is 0 Å². The molecule has 27 heavy (non-hydrogen) atoms. The Hall–Kier alpha value is -1.67. The van der Waals surface area contributed by atoms with Crippen LogP contribution in [-0.4, -0.2) is 79.2 Å². The van der Waals surface area contributed by atoms with Crippen LogP contribution < -0.4 is 10.0 Å². The van der Waals surface area contributed by atoms with E-state index < -0.39 is 11.9 Å². The highest BCUT2D eigenvalue weighted by Gasteiger charge is 2.27. The number of quaternary nitrogens is 1. The van der Waals surface area contributed by atoms with E-state index in [1.54, 1.807) is 4.90 Å². The van der Waals surface area contributed by atoms with E-state index >= 15 is 0 Å². The fraction of sp³-hybridized carbons (Fsp3) is 0.579. The number of benzene rings is 1. The Morgan fingerprint density at radius 3 is 2.15 bits per heavy atom. The van der Waals surface area contributed by atoms with Crippen LogP contribution in [0.25, 0.3) is 0 Å². The van der Waals surface area contributed by atoms with Gasteiger partial charge in [0, 0.05) is 30.7 Å². The highest BCUT2D eigenvalue weighted by molar-refractivity contribution is 6.30. The third-order valence-electron chi connectivity index (χ3n) is 5.22. The van der Waals surface area contributed by atoms with Gasteiger partial charge in [-0.2, -0.15) is 0 Å². The van der Waals surface area contributed by atoms with Gasteiger partial charge in [-0.1, -0.05) is 23.7 Å². The van der Waals surface area contributed by atoms with Gasteiger partial charge < -0.3 is 19.9 Å². The lowest BCUT2D eigenvalue weighted by molar-refractivity contribution is -0.884. The first kappa shape index (κ1) is 21.6. The Kier molecular flexibility index (Phi) is 8.50. The largest absolute Gasteiger partial charge is 0.539 e. The SMILES string of the molecule is C[NH+]1CCN(C2CCN(Cc3ccc(Cl)cc3)CC2)CC1.O=C([O-])C(=O)O. The highest BCUT2D eigenvalue weighted by Crippen LogP contribution is 2.19. The number of nitrogens with zero attached hydrogens (tertiary/aromatic N) is 2. The number of carbonyl (C=O) groups excluding carboxylic acids is 1. The van der Waals surface area contributed by atoms with Gasteiger partial charge in [0.25, 0.3) is 0 Å². The molecule has 0 aromatic heterocycles. The number of piperazine rings is 1. The Bertz CT molecular complexity index is 598. The number of hydrogen-bond donors (Lipinski definition) is 2. The fourth-order valence-electron chi connectivity index (χ4n) is 3.56. The average Bonchev–Trinajstić information content (AvgIpc) is 2.65. The lowest BCUT2D eigenvalue weighted by atomic mass is 10.0. The second-order valence-corrected chi connectivity index (χ2v) is 7.66. The summed E-state index contributed by atoms with van der Waals surface area (Å²) in [6, 6.07) is 9.11. The van der Waals surface area contributed by atoms with Gasteiger partial charge in [-0.05, 0) is 43.6 Å². The molecule has 150 valence electrons. The monoisotopic (exact) mass is 397 g/mol. The standard InChI is InChI=1S/C17H26ClN3.C2H2O4/c1-19-10-12-21(13-11-19)17-6-8-20(9-7-17)14-15-2-4-16(18)5-3-15;3-1(4)2(5)6/h2-5,17H,6-14H2,1H3;(H,3,4)(H,5,6). The Morgan fingerprint density at radius 2 is 1.67 bits per heavy atom. The molecule has 0 saturated carbocycles. The first-order chi connectivity index (χ1) is 12.8. The molecule has 7 nitrogen and oxygen atoms in total. The minimum absolute atomic E-state index is 0.819. The summed E-state index contributed by atoms with van der Waals surface area (Å²) < 4.78 is 0. The fourth-order valence-corrected chi connectivity index (χ4v) is 3.69. The van der Waals surface area contributed by atoms with Gasteiger partial charge in [-0.25, -0.2) is 4.79 Å². The number of carbonyl (C=O) groups is 2. The van der Waals surface area contributed by atoms with E-state index in [9.17, 15) is 0 Å². The van der Waals surface area contributed by atoms with Gasteiger partial charge in [-0.15, -0.1) is 0 Å². The molecule has 0 amide bonds. The molecule has 2 fully saturated rings. The average molecular weight is 398 g/mol. The predicted octanol–water partition coefficient (Wildman–Crippen LogP) is -1.04. The van der Waals surface area contributed by atoms with Crippen molar-refractivity contribution < 1.29 is 24.7 Å². The van der Waals surface area contributed by atoms with E-state index in [0.717, 1.165) is 17.6 Å². The molecule has 0 aliphatic carbocycles. The molecule has 0 atom stereocenters. The second kappa shape index (κ2) is 10.6. The van der Waals surface area contributed by atoms with Crippen LogP contribution in [0, 0.1) is 0 Å². The number of carboxylic acids is 2. The number of halogens is 1. The maximum atomic E-state index is 9.04. The summed E-state index contributed by atoms with van der Waals surface area (Å²) in [5, 5.41) is 17.1. The molecule has 0 spiro atoms. The quantitative estimate of drug-likeness (QED) is 0.633. The summed E-state index contributed by atoms with van der Waals surface area (Å²) in [7, 11) is 2.31. The van der Waals surface area contributed by atoms with Gasteiger partial charge >= 0.3 is 5.97 Å². The maximum absolute atomic E-state index is 9.04. The van der Waals surface area contributed by atoms with E-state index in [4.69, 9.17) is 31.4 Å². The minimum Gasteiger partial charge on any atom is -0.539 e. The number of carboxylic acid groups (broad SMARTS) is 2. The number of hydrogen-bond acceptors (Lipinski definition) is 5. The van der Waals surface area contributed by atoms with E-state index in [0.29, 0.717) is 0 Å². The molecule has 2 aliphatic heterocycles. The van der Waals surface area contributed by atoms with Crippen molar-refractivity contribution in [3.05, 3.63) is 34.9 Å². The topological polar surface area (TPSA) is 88.4 Å². The molecule has 2 heterocycles. The van der Waals surface area contributed by atoms with Crippen LogP contribution in [0.4, 0.5) is 0 Å². The summed E-state index contributed by atoms with van der Waals surface area (Å²) >= 11 is 5.95. The summed E-state index contributed by atoms with van der Waals surface area (Å²) in [5.74, 6) is -4.01. The molecule has 2 N–H and O–H groups in total. The van der Waals surface area contributed by atoms with Crippen LogP contribution in [-0.2, 0) is 16.1 Å². The molecule has 1 aromatic rings. The molecule has 2 aliphatic rings. The molecule has 1 aromatic carbocycles. The normalized spacial score (nSPS) is 19.9. The smallest absolute Gasteiger partial charge is 0.351 e. The number of likely N-dealkylation sites (N-methyl/N-ethyl adjacent to an activating group) is 1. The van der Waals surface area contributed by atoms with Crippen LogP contribution in [0.3, 0.4) is 0 Å². The Balaban J connectivity index is 0.000000380. The zero-order valence-electron chi connectivity index (χ0n) is 15.7. The van der Waals surface area contributed by atoms with Crippen LogP contribution in [0.1, 0.15) is 18.4 Å². The maximum Gasteiger partial charge on any atom is 0.351 e. The number of aliphatic carboxylic acids is 2. The van der Waals surface area contributed by atoms with Crippen molar-refractivity contribution in [3.63, 3.8) is 0 Å². The van der Waals surface area contributed by atoms with Crippen molar-refractivity contribution in [2.75, 3.05) is 46.3 Å². The summed E-state index contributed by atoms with van der Waals surface area (Å²) in [5.41, 5.74) is 1.38. The first-order valence-corrected chi connectivity index (χ1v) is 9.69. The first-order valence-electron chi connectivity index (χ1n) is 9.31. The van der Waals surface area contributed by atoms with Gasteiger partial charge in [-0.3, -0.25) is 9.80 Å². The van der Waals surface area contributed by atoms with E-state index in [1.807, 2.05) is 12.1 Å². The van der Waals surface area contributed by atoms with Crippen molar-refractivity contribution >= 4 is 23.5 Å². The molecule has 0 unspecified atom stereocenters. The molecule has 2 saturated heterocycles. The number of rotatable bonds is 3. The predicted molar refractivity (Wildman–Crippen MR) is 101 cm³/mol. The van der Waals surface area contributed by atoms with Gasteiger partial charge in [0.05, 0.1) is 20.1 Å². The Morgan fingerprint density at radius 1 is 1.15 bits per heavy atom.